The maximum absolute atomic E-state index is 12.7. The first kappa shape index (κ1) is 20.1. The summed E-state index contributed by atoms with van der Waals surface area (Å²) in [5.74, 6) is -0.175. The van der Waals surface area contributed by atoms with Gasteiger partial charge in [0.05, 0.1) is 12.0 Å². The van der Waals surface area contributed by atoms with E-state index in [0.717, 1.165) is 44.1 Å². The zero-order valence-electron chi connectivity index (χ0n) is 16.5. The molecule has 0 bridgehead atoms. The quantitative estimate of drug-likeness (QED) is 0.718. The number of rotatable bonds is 5. The molecule has 0 fully saturated rings. The van der Waals surface area contributed by atoms with Crippen LogP contribution in [0.3, 0.4) is 0 Å². The van der Waals surface area contributed by atoms with Crippen LogP contribution in [0.5, 0.6) is 0 Å². The van der Waals surface area contributed by atoms with Crippen molar-refractivity contribution in [2.24, 2.45) is 0 Å². The van der Waals surface area contributed by atoms with Crippen LogP contribution < -0.4 is 4.72 Å². The van der Waals surface area contributed by atoms with Crippen molar-refractivity contribution in [2.75, 3.05) is 0 Å². The first-order valence-corrected chi connectivity index (χ1v) is 12.0. The van der Waals surface area contributed by atoms with Crippen LogP contribution in [-0.4, -0.2) is 21.2 Å². The van der Waals surface area contributed by atoms with Gasteiger partial charge in [0.25, 0.3) is 5.91 Å². The van der Waals surface area contributed by atoms with Gasteiger partial charge in [0.2, 0.25) is 4.24 Å². The lowest BCUT2D eigenvalue weighted by Crippen LogP contribution is -2.33. The summed E-state index contributed by atoms with van der Waals surface area (Å²) in [6.07, 6.45) is 9.38. The van der Waals surface area contributed by atoms with Crippen molar-refractivity contribution in [3.8, 4) is 0 Å². The number of carbonyl (C=O) groups is 1. The highest BCUT2D eigenvalue weighted by Crippen LogP contribution is 2.36. The number of thioether (sulfide) groups is 1. The summed E-state index contributed by atoms with van der Waals surface area (Å²) in [7, 11) is 0. The molecule has 1 atom stereocenters. The van der Waals surface area contributed by atoms with E-state index in [-0.39, 0.29) is 5.91 Å². The van der Waals surface area contributed by atoms with E-state index in [1.54, 1.807) is 13.8 Å². The molecule has 0 saturated heterocycles. The fourth-order valence-electron chi connectivity index (χ4n) is 4.43. The highest BCUT2D eigenvalue weighted by molar-refractivity contribution is 8.19. The second-order valence-electron chi connectivity index (χ2n) is 8.36. The van der Waals surface area contributed by atoms with Gasteiger partial charge < -0.3 is 9.66 Å². The van der Waals surface area contributed by atoms with Gasteiger partial charge in [-0.05, 0) is 115 Å². The summed E-state index contributed by atoms with van der Waals surface area (Å²) in [5, 5.41) is 11.9. The Morgan fingerprint density at radius 1 is 1.21 bits per heavy atom. The fourth-order valence-corrected chi connectivity index (χ4v) is 6.49. The van der Waals surface area contributed by atoms with E-state index in [0.29, 0.717) is 17.1 Å². The molecule has 150 valence electrons. The van der Waals surface area contributed by atoms with Gasteiger partial charge in [-0.15, -0.1) is 0 Å². The normalized spacial score (nSPS) is 19.6. The second kappa shape index (κ2) is 7.90. The van der Waals surface area contributed by atoms with Crippen LogP contribution in [0.25, 0.3) is 0 Å². The number of aliphatic hydroxyl groups is 1. The van der Waals surface area contributed by atoms with Crippen LogP contribution in [0.4, 0.5) is 0 Å². The van der Waals surface area contributed by atoms with Gasteiger partial charge in [-0.2, -0.15) is 4.72 Å². The minimum absolute atomic E-state index is 0.175. The Balaban J connectivity index is 1.43. The maximum atomic E-state index is 12.7. The van der Waals surface area contributed by atoms with Crippen molar-refractivity contribution < 1.29 is 14.5 Å². The highest BCUT2D eigenvalue weighted by Gasteiger charge is 2.29. The molecule has 1 aliphatic heterocycles. The third-order valence-electron chi connectivity index (χ3n) is 5.92. The van der Waals surface area contributed by atoms with E-state index in [1.165, 1.54) is 39.6 Å². The van der Waals surface area contributed by atoms with Gasteiger partial charge in [0.1, 0.15) is 11.4 Å². The summed E-state index contributed by atoms with van der Waals surface area (Å²) < 4.78 is 15.9. The summed E-state index contributed by atoms with van der Waals surface area (Å²) in [4.78, 5) is 12.7. The molecule has 6 heteroatoms. The Kier molecular flexibility index (Phi) is 5.67. The monoisotopic (exact) mass is 417 g/mol. The first-order chi connectivity index (χ1) is 13.3. The van der Waals surface area contributed by atoms with Crippen LogP contribution in [0.15, 0.2) is 27.4 Å². The number of carbonyl (C=O) groups excluding carboxylic acids is 1. The Morgan fingerprint density at radius 2 is 1.86 bits per heavy atom. The lowest BCUT2D eigenvalue weighted by molar-refractivity contribution is -0.118. The molecule has 3 aliphatic rings. The van der Waals surface area contributed by atoms with E-state index in [4.69, 9.17) is 0 Å². The summed E-state index contributed by atoms with van der Waals surface area (Å²) in [6.45, 7) is 3.49. The number of hydrogen-bond acceptors (Lipinski definition) is 4. The molecule has 1 amide bonds. The largest absolute Gasteiger partial charge is 0.587 e. The topological polar surface area (TPSA) is 72.4 Å². The minimum Gasteiger partial charge on any atom is -0.587 e. The third-order valence-corrected chi connectivity index (χ3v) is 8.41. The number of allylic oxidation sites excluding steroid dienone is 1. The van der Waals surface area contributed by atoms with E-state index in [2.05, 4.69) is 10.8 Å². The molecule has 1 unspecified atom stereocenters. The Morgan fingerprint density at radius 3 is 2.39 bits per heavy atom. The maximum Gasteiger partial charge on any atom is 0.265 e. The van der Waals surface area contributed by atoms with Crippen LogP contribution >= 0.6 is 11.8 Å². The molecule has 1 aromatic carbocycles. The minimum atomic E-state index is -1.55. The summed E-state index contributed by atoms with van der Waals surface area (Å²) in [6, 6.07) is 2.36. The summed E-state index contributed by atoms with van der Waals surface area (Å²) >= 11 is -0.231. The smallest absolute Gasteiger partial charge is 0.265 e. The highest BCUT2D eigenvalue weighted by atomic mass is 32.3. The predicted octanol–water partition coefficient (Wildman–Crippen LogP) is 3.62. The van der Waals surface area contributed by atoms with Crippen LogP contribution in [0, 0.1) is 0 Å². The van der Waals surface area contributed by atoms with Gasteiger partial charge in [-0.1, -0.05) is 6.07 Å². The van der Waals surface area contributed by atoms with Gasteiger partial charge in [-0.25, -0.2) is 0 Å². The molecule has 2 N–H and O–H groups in total. The molecule has 2 aliphatic carbocycles. The van der Waals surface area contributed by atoms with E-state index in [9.17, 15) is 14.5 Å². The Labute approximate surface area is 174 Å². The molecule has 0 aromatic heterocycles. The van der Waals surface area contributed by atoms with Crippen molar-refractivity contribution in [3.05, 3.63) is 55.2 Å². The van der Waals surface area contributed by atoms with Crippen molar-refractivity contribution in [2.45, 2.75) is 70.8 Å². The van der Waals surface area contributed by atoms with Gasteiger partial charge in [0, 0.05) is 0 Å². The van der Waals surface area contributed by atoms with Crippen LogP contribution in [0.1, 0.15) is 60.9 Å². The van der Waals surface area contributed by atoms with Gasteiger partial charge >= 0.3 is 0 Å². The molecule has 0 radical (unpaired) electrons. The molecule has 0 spiro atoms. The third kappa shape index (κ3) is 4.06. The molecule has 0 saturated carbocycles. The predicted molar refractivity (Wildman–Crippen MR) is 115 cm³/mol. The van der Waals surface area contributed by atoms with E-state index < -0.39 is 17.0 Å². The van der Waals surface area contributed by atoms with Crippen molar-refractivity contribution in [1.29, 1.82) is 0 Å². The average Bonchev–Trinajstić information content (AvgIpc) is 3.30. The zero-order valence-corrected chi connectivity index (χ0v) is 18.1. The van der Waals surface area contributed by atoms with Crippen molar-refractivity contribution >= 4 is 29.0 Å². The van der Waals surface area contributed by atoms with Crippen LogP contribution in [-0.2, 0) is 48.3 Å². The van der Waals surface area contributed by atoms with E-state index >= 15 is 0 Å². The molecule has 28 heavy (non-hydrogen) atoms. The zero-order chi connectivity index (χ0) is 19.9. The SMILES string of the molecule is CC(C)(O)C1=CSC([S+]([O-])NC(=O)Cc2c3c(cc4c2CCC4)CCC3)=CC1. The number of hydrogen-bond donors (Lipinski definition) is 2. The molecular formula is C22H27NO3S2. The Bertz CT molecular complexity index is 835. The van der Waals surface area contributed by atoms with Crippen LogP contribution in [0.2, 0.25) is 0 Å². The van der Waals surface area contributed by atoms with Gasteiger partial charge in [-0.3, -0.25) is 4.79 Å². The fraction of sp³-hybridized carbons (Fsp3) is 0.500. The molecule has 4 nitrogen and oxygen atoms in total. The molecule has 1 aromatic rings. The lowest BCUT2D eigenvalue weighted by Gasteiger charge is -2.23. The second-order valence-corrected chi connectivity index (χ2v) is 10.7. The molecule has 1 heterocycles. The van der Waals surface area contributed by atoms with Gasteiger partial charge in [0.15, 0.2) is 0 Å². The lowest BCUT2D eigenvalue weighted by atomic mass is 9.92. The summed E-state index contributed by atoms with van der Waals surface area (Å²) in [5.41, 5.74) is 6.77. The standard InChI is InChI=1S/C22H27NO3S2/c1-22(2,25)16-9-10-21(27-13-16)28(26)23-20(24)12-19-17-7-3-5-14(17)11-15-6-4-8-18(15)19/h10-11,13,25H,3-9,12H2,1-2H3,(H,23,24). The number of benzene rings is 1. The number of nitrogens with one attached hydrogen (secondary N) is 1. The Hall–Kier alpha value is -1.21. The van der Waals surface area contributed by atoms with Crippen molar-refractivity contribution in [3.63, 3.8) is 0 Å². The molecular weight excluding hydrogens is 390 g/mol. The average molecular weight is 418 g/mol. The first-order valence-electron chi connectivity index (χ1n) is 9.98. The number of fused-ring (bicyclic) bond motifs is 2. The van der Waals surface area contributed by atoms with Crippen molar-refractivity contribution in [1.82, 2.24) is 4.72 Å². The van der Waals surface area contributed by atoms with E-state index in [1.807, 2.05) is 11.5 Å². The number of aryl methyl sites for hydroxylation is 2. The molecule has 4 rings (SSSR count). The number of amides is 1.